The van der Waals surface area contributed by atoms with Gasteiger partial charge in [0.2, 0.25) is 0 Å². The number of rotatable bonds is 4. The maximum atomic E-state index is 12.4. The molecular formula is C17H21N3O3S. The monoisotopic (exact) mass is 347 g/mol. The van der Waals surface area contributed by atoms with Gasteiger partial charge in [0, 0.05) is 45.4 Å². The standard InChI is InChI=1S/C17H21N3O3S/c21-17(14-3-1-9-22-14)20-7-5-19(6-8-20)12-13-11-15(23-18-13)16-4-2-10-24-16/h2,4,10-11,14H,1,3,5-9,12H2/t14-/m1/s1. The summed E-state index contributed by atoms with van der Waals surface area (Å²) in [6.07, 6.45) is 1.65. The van der Waals surface area contributed by atoms with Crippen LogP contribution in [0.3, 0.4) is 0 Å². The molecule has 1 amide bonds. The van der Waals surface area contributed by atoms with Crippen LogP contribution in [-0.4, -0.2) is 59.8 Å². The minimum atomic E-state index is -0.208. The number of hydrogen-bond donors (Lipinski definition) is 0. The van der Waals surface area contributed by atoms with Crippen LogP contribution in [-0.2, 0) is 16.1 Å². The van der Waals surface area contributed by atoms with E-state index in [1.54, 1.807) is 11.3 Å². The van der Waals surface area contributed by atoms with E-state index < -0.39 is 0 Å². The van der Waals surface area contributed by atoms with Crippen LogP contribution >= 0.6 is 11.3 Å². The lowest BCUT2D eigenvalue weighted by atomic mass is 10.2. The number of thiophene rings is 1. The minimum Gasteiger partial charge on any atom is -0.368 e. The Kier molecular flexibility index (Phi) is 4.64. The number of carbonyl (C=O) groups is 1. The molecule has 0 bridgehead atoms. The van der Waals surface area contributed by atoms with Crippen LogP contribution in [0.15, 0.2) is 28.1 Å². The van der Waals surface area contributed by atoms with Gasteiger partial charge in [-0.15, -0.1) is 11.3 Å². The van der Waals surface area contributed by atoms with Gasteiger partial charge in [0.15, 0.2) is 5.76 Å². The first-order valence-corrected chi connectivity index (χ1v) is 9.30. The molecule has 0 spiro atoms. The minimum absolute atomic E-state index is 0.161. The summed E-state index contributed by atoms with van der Waals surface area (Å²) in [7, 11) is 0. The molecule has 2 aromatic rings. The van der Waals surface area contributed by atoms with E-state index in [4.69, 9.17) is 9.26 Å². The Morgan fingerprint density at radius 2 is 2.21 bits per heavy atom. The van der Waals surface area contributed by atoms with Gasteiger partial charge in [-0.2, -0.15) is 0 Å². The van der Waals surface area contributed by atoms with Crippen molar-refractivity contribution in [2.75, 3.05) is 32.8 Å². The fraction of sp³-hybridized carbons (Fsp3) is 0.529. The molecule has 2 saturated heterocycles. The van der Waals surface area contributed by atoms with Gasteiger partial charge in [-0.05, 0) is 24.3 Å². The largest absolute Gasteiger partial charge is 0.368 e. The second-order valence-electron chi connectivity index (χ2n) is 6.26. The molecule has 2 fully saturated rings. The van der Waals surface area contributed by atoms with Crippen LogP contribution in [0.2, 0.25) is 0 Å². The number of ether oxygens (including phenoxy) is 1. The molecule has 1 atom stereocenters. The highest BCUT2D eigenvalue weighted by Gasteiger charge is 2.30. The number of piperazine rings is 1. The third-order valence-electron chi connectivity index (χ3n) is 4.60. The molecule has 2 aliphatic heterocycles. The zero-order valence-electron chi connectivity index (χ0n) is 13.5. The van der Waals surface area contributed by atoms with E-state index in [0.717, 1.165) is 68.5 Å². The Hall–Kier alpha value is -1.70. The molecule has 0 aromatic carbocycles. The first-order valence-electron chi connectivity index (χ1n) is 8.42. The van der Waals surface area contributed by atoms with Crippen LogP contribution in [0, 0.1) is 0 Å². The molecule has 0 aliphatic carbocycles. The van der Waals surface area contributed by atoms with Crippen LogP contribution < -0.4 is 0 Å². The predicted molar refractivity (Wildman–Crippen MR) is 90.6 cm³/mol. The summed E-state index contributed by atoms with van der Waals surface area (Å²) in [5.74, 6) is 0.987. The quantitative estimate of drug-likeness (QED) is 0.849. The highest BCUT2D eigenvalue weighted by molar-refractivity contribution is 7.13. The number of aromatic nitrogens is 1. The second-order valence-corrected chi connectivity index (χ2v) is 7.21. The SMILES string of the molecule is O=C([C@H]1CCCO1)N1CCN(Cc2cc(-c3cccs3)on2)CC1. The van der Waals surface area contributed by atoms with Crippen molar-refractivity contribution in [3.8, 4) is 10.6 Å². The number of amides is 1. The van der Waals surface area contributed by atoms with Crippen molar-refractivity contribution >= 4 is 17.2 Å². The van der Waals surface area contributed by atoms with Gasteiger partial charge in [0.1, 0.15) is 6.10 Å². The summed E-state index contributed by atoms with van der Waals surface area (Å²) in [5.41, 5.74) is 0.942. The van der Waals surface area contributed by atoms with Gasteiger partial charge in [-0.3, -0.25) is 9.69 Å². The Morgan fingerprint density at radius 1 is 1.33 bits per heavy atom. The molecule has 0 unspecified atom stereocenters. The van der Waals surface area contributed by atoms with Crippen molar-refractivity contribution in [2.24, 2.45) is 0 Å². The smallest absolute Gasteiger partial charge is 0.251 e. The molecule has 4 rings (SSSR count). The summed E-state index contributed by atoms with van der Waals surface area (Å²) in [6, 6.07) is 6.05. The van der Waals surface area contributed by atoms with Crippen LogP contribution in [0.4, 0.5) is 0 Å². The molecule has 24 heavy (non-hydrogen) atoms. The van der Waals surface area contributed by atoms with E-state index in [2.05, 4.69) is 10.1 Å². The molecule has 2 aliphatic rings. The molecule has 2 aromatic heterocycles. The van der Waals surface area contributed by atoms with E-state index in [9.17, 15) is 4.79 Å². The molecule has 128 valence electrons. The Morgan fingerprint density at radius 3 is 2.92 bits per heavy atom. The van der Waals surface area contributed by atoms with Crippen molar-refractivity contribution in [2.45, 2.75) is 25.5 Å². The summed E-state index contributed by atoms with van der Waals surface area (Å²) in [6.45, 7) is 4.72. The third-order valence-corrected chi connectivity index (χ3v) is 5.48. The van der Waals surface area contributed by atoms with Gasteiger partial charge in [0.25, 0.3) is 5.91 Å². The third kappa shape index (κ3) is 3.38. The van der Waals surface area contributed by atoms with E-state index in [-0.39, 0.29) is 12.0 Å². The maximum absolute atomic E-state index is 12.4. The van der Waals surface area contributed by atoms with Crippen molar-refractivity contribution in [1.82, 2.24) is 15.0 Å². The van der Waals surface area contributed by atoms with Gasteiger partial charge in [0.05, 0.1) is 10.6 Å². The van der Waals surface area contributed by atoms with E-state index >= 15 is 0 Å². The lowest BCUT2D eigenvalue weighted by Gasteiger charge is -2.35. The summed E-state index contributed by atoms with van der Waals surface area (Å²) < 4.78 is 10.9. The molecular weight excluding hydrogens is 326 g/mol. The highest BCUT2D eigenvalue weighted by atomic mass is 32.1. The van der Waals surface area contributed by atoms with E-state index in [1.807, 2.05) is 28.5 Å². The maximum Gasteiger partial charge on any atom is 0.251 e. The average molecular weight is 347 g/mol. The fourth-order valence-electron chi connectivity index (χ4n) is 3.25. The van der Waals surface area contributed by atoms with Crippen molar-refractivity contribution < 1.29 is 14.1 Å². The van der Waals surface area contributed by atoms with Gasteiger partial charge in [-0.1, -0.05) is 11.2 Å². The van der Waals surface area contributed by atoms with Crippen LogP contribution in [0.25, 0.3) is 10.6 Å². The molecule has 0 saturated carbocycles. The lowest BCUT2D eigenvalue weighted by molar-refractivity contribution is -0.142. The topological polar surface area (TPSA) is 58.8 Å². The average Bonchev–Trinajstić information content (AvgIpc) is 3.36. The first-order chi connectivity index (χ1) is 11.8. The van der Waals surface area contributed by atoms with Gasteiger partial charge >= 0.3 is 0 Å². The van der Waals surface area contributed by atoms with Crippen LogP contribution in [0.5, 0.6) is 0 Å². The molecule has 6 nitrogen and oxygen atoms in total. The summed E-state index contributed by atoms with van der Waals surface area (Å²) in [5, 5.41) is 6.20. The van der Waals surface area contributed by atoms with Crippen molar-refractivity contribution in [1.29, 1.82) is 0 Å². The molecule has 7 heteroatoms. The van der Waals surface area contributed by atoms with E-state index in [0.29, 0.717) is 0 Å². The Balaban J connectivity index is 1.29. The second kappa shape index (κ2) is 7.04. The van der Waals surface area contributed by atoms with E-state index in [1.165, 1.54) is 0 Å². The molecule has 0 radical (unpaired) electrons. The Bertz CT molecular complexity index is 671. The Labute approximate surface area is 145 Å². The van der Waals surface area contributed by atoms with Gasteiger partial charge < -0.3 is 14.2 Å². The molecule has 4 heterocycles. The number of hydrogen-bond acceptors (Lipinski definition) is 6. The zero-order valence-corrected chi connectivity index (χ0v) is 14.3. The van der Waals surface area contributed by atoms with Crippen molar-refractivity contribution in [3.05, 3.63) is 29.3 Å². The predicted octanol–water partition coefficient (Wildman–Crippen LogP) is 2.23. The normalized spacial score (nSPS) is 22.2. The first kappa shape index (κ1) is 15.8. The van der Waals surface area contributed by atoms with Crippen molar-refractivity contribution in [3.63, 3.8) is 0 Å². The number of nitrogens with zero attached hydrogens (tertiary/aromatic N) is 3. The lowest BCUT2D eigenvalue weighted by Crippen LogP contribution is -2.51. The summed E-state index contributed by atoms with van der Waals surface area (Å²) in [4.78, 5) is 17.7. The van der Waals surface area contributed by atoms with Gasteiger partial charge in [-0.25, -0.2) is 0 Å². The summed E-state index contributed by atoms with van der Waals surface area (Å²) >= 11 is 1.65. The fourth-order valence-corrected chi connectivity index (χ4v) is 3.93. The highest BCUT2D eigenvalue weighted by Crippen LogP contribution is 2.25. The number of carbonyl (C=O) groups excluding carboxylic acids is 1. The molecule has 0 N–H and O–H groups in total. The zero-order chi connectivity index (χ0) is 16.4. The van der Waals surface area contributed by atoms with Crippen LogP contribution in [0.1, 0.15) is 18.5 Å².